The van der Waals surface area contributed by atoms with Gasteiger partial charge < -0.3 is 4.90 Å². The van der Waals surface area contributed by atoms with Crippen LogP contribution >= 0.6 is 11.3 Å². The maximum Gasteiger partial charge on any atom is 0.401 e. The number of piperidine rings is 1. The number of sulfonamides is 1. The monoisotopic (exact) mass is 439 g/mol. The Hall–Kier alpha value is -1.17. The molecule has 0 radical (unpaired) electrons. The van der Waals surface area contributed by atoms with Gasteiger partial charge in [-0.15, -0.1) is 11.3 Å². The Labute approximate surface area is 167 Å². The summed E-state index contributed by atoms with van der Waals surface area (Å²) in [4.78, 5) is 16.6. The molecule has 3 rings (SSSR count). The molecule has 0 aliphatic carbocycles. The number of carbonyl (C=O) groups is 1. The number of aryl methyl sites for hydroxylation is 1. The molecule has 1 aromatic rings. The summed E-state index contributed by atoms with van der Waals surface area (Å²) in [6.45, 7) is 2.50. The molecule has 0 unspecified atom stereocenters. The van der Waals surface area contributed by atoms with Crippen molar-refractivity contribution in [3.8, 4) is 0 Å². The third-order valence-electron chi connectivity index (χ3n) is 5.20. The zero-order valence-electron chi connectivity index (χ0n) is 15.6. The van der Waals surface area contributed by atoms with E-state index in [0.717, 1.165) is 4.88 Å². The minimum absolute atomic E-state index is 0.0734. The molecule has 0 bridgehead atoms. The van der Waals surface area contributed by atoms with Gasteiger partial charge >= 0.3 is 6.18 Å². The lowest BCUT2D eigenvalue weighted by molar-refractivity contribution is -0.151. The lowest BCUT2D eigenvalue weighted by Crippen LogP contribution is -2.53. The van der Waals surface area contributed by atoms with Gasteiger partial charge in [0.05, 0.1) is 6.54 Å². The molecule has 0 spiro atoms. The summed E-state index contributed by atoms with van der Waals surface area (Å²) in [5.74, 6) is -0.358. The van der Waals surface area contributed by atoms with E-state index in [9.17, 15) is 26.4 Å². The standard InChI is InChI=1S/C17H24F3N3O3S2/c1-13-2-3-15(27-13)28(25,26)23-10-8-22(9-11-23)16(24)14-4-6-21(7-5-14)12-17(18,19)20/h2-3,14H,4-12H2,1H3. The summed E-state index contributed by atoms with van der Waals surface area (Å²) in [6.07, 6.45) is -3.41. The Bertz CT molecular complexity index is 794. The predicted molar refractivity (Wildman–Crippen MR) is 99.6 cm³/mol. The van der Waals surface area contributed by atoms with Gasteiger partial charge in [0.25, 0.3) is 10.0 Å². The lowest BCUT2D eigenvalue weighted by Gasteiger charge is -2.38. The van der Waals surface area contributed by atoms with E-state index in [1.807, 2.05) is 6.92 Å². The fourth-order valence-electron chi connectivity index (χ4n) is 3.68. The lowest BCUT2D eigenvalue weighted by atomic mass is 9.95. The van der Waals surface area contributed by atoms with Crippen LogP contribution in [-0.2, 0) is 14.8 Å². The summed E-state index contributed by atoms with van der Waals surface area (Å²) in [7, 11) is -3.54. The fourth-order valence-corrected chi connectivity index (χ4v) is 6.54. The normalized spacial score (nSPS) is 21.2. The second kappa shape index (κ2) is 8.29. The average molecular weight is 440 g/mol. The predicted octanol–water partition coefficient (Wildman–Crippen LogP) is 2.16. The van der Waals surface area contributed by atoms with E-state index in [-0.39, 0.29) is 38.0 Å². The smallest absolute Gasteiger partial charge is 0.340 e. The van der Waals surface area contributed by atoms with Crippen molar-refractivity contribution in [3.63, 3.8) is 0 Å². The Balaban J connectivity index is 1.51. The second-order valence-electron chi connectivity index (χ2n) is 7.26. The van der Waals surface area contributed by atoms with Crippen LogP contribution in [0.2, 0.25) is 0 Å². The topological polar surface area (TPSA) is 60.9 Å². The van der Waals surface area contributed by atoms with E-state index in [2.05, 4.69) is 0 Å². The van der Waals surface area contributed by atoms with E-state index in [0.29, 0.717) is 30.1 Å². The first-order valence-corrected chi connectivity index (χ1v) is 11.5. The maximum atomic E-state index is 12.7. The van der Waals surface area contributed by atoms with Crippen LogP contribution in [0.1, 0.15) is 17.7 Å². The number of carbonyl (C=O) groups excluding carboxylic acids is 1. The van der Waals surface area contributed by atoms with Crippen LogP contribution in [0.5, 0.6) is 0 Å². The molecule has 2 aliphatic rings. The summed E-state index contributed by atoms with van der Waals surface area (Å²) in [6, 6.07) is 3.37. The first kappa shape index (κ1) is 21.5. The number of piperazine rings is 1. The molecular formula is C17H24F3N3O3S2. The van der Waals surface area contributed by atoms with Gasteiger partial charge in [0.1, 0.15) is 4.21 Å². The van der Waals surface area contributed by atoms with Gasteiger partial charge in [-0.25, -0.2) is 8.42 Å². The third kappa shape index (κ3) is 5.05. The Morgan fingerprint density at radius 3 is 2.21 bits per heavy atom. The minimum atomic E-state index is -4.22. The maximum absolute atomic E-state index is 12.7. The molecule has 11 heteroatoms. The number of alkyl halides is 3. The molecule has 0 saturated carbocycles. The Kier molecular flexibility index (Phi) is 6.38. The molecule has 28 heavy (non-hydrogen) atoms. The van der Waals surface area contributed by atoms with Crippen molar-refractivity contribution in [1.82, 2.24) is 14.1 Å². The molecule has 1 amide bonds. The molecule has 0 N–H and O–H groups in total. The largest absolute Gasteiger partial charge is 0.401 e. The number of halogens is 3. The number of likely N-dealkylation sites (tertiary alicyclic amines) is 1. The molecule has 6 nitrogen and oxygen atoms in total. The van der Waals surface area contributed by atoms with Crippen molar-refractivity contribution in [2.75, 3.05) is 45.8 Å². The summed E-state index contributed by atoms with van der Waals surface area (Å²) in [5.41, 5.74) is 0. The minimum Gasteiger partial charge on any atom is -0.340 e. The Morgan fingerprint density at radius 1 is 1.11 bits per heavy atom. The van der Waals surface area contributed by atoms with E-state index >= 15 is 0 Å². The quantitative estimate of drug-likeness (QED) is 0.722. The number of hydrogen-bond donors (Lipinski definition) is 0. The number of amides is 1. The summed E-state index contributed by atoms with van der Waals surface area (Å²) in [5, 5.41) is 0. The van der Waals surface area contributed by atoms with Crippen molar-refractivity contribution >= 4 is 27.3 Å². The van der Waals surface area contributed by atoms with E-state index in [4.69, 9.17) is 0 Å². The van der Waals surface area contributed by atoms with E-state index < -0.39 is 22.7 Å². The number of thiophene rings is 1. The van der Waals surface area contributed by atoms with Gasteiger partial charge in [0, 0.05) is 37.0 Å². The van der Waals surface area contributed by atoms with Crippen molar-refractivity contribution in [2.45, 2.75) is 30.2 Å². The highest BCUT2D eigenvalue weighted by Gasteiger charge is 2.36. The van der Waals surface area contributed by atoms with Crippen molar-refractivity contribution in [3.05, 3.63) is 17.0 Å². The van der Waals surface area contributed by atoms with Gasteiger partial charge in [-0.3, -0.25) is 9.69 Å². The summed E-state index contributed by atoms with van der Waals surface area (Å²) >= 11 is 1.23. The highest BCUT2D eigenvalue weighted by atomic mass is 32.2. The molecule has 2 aliphatic heterocycles. The van der Waals surface area contributed by atoms with Crippen LogP contribution in [0, 0.1) is 12.8 Å². The molecule has 1 aromatic heterocycles. The average Bonchev–Trinajstić information content (AvgIpc) is 3.08. The third-order valence-corrected chi connectivity index (χ3v) is 8.57. The second-order valence-corrected chi connectivity index (χ2v) is 10.7. The van der Waals surface area contributed by atoms with Gasteiger partial charge in [-0.2, -0.15) is 17.5 Å². The van der Waals surface area contributed by atoms with Crippen LogP contribution in [0.25, 0.3) is 0 Å². The van der Waals surface area contributed by atoms with Crippen LogP contribution in [0.15, 0.2) is 16.3 Å². The van der Waals surface area contributed by atoms with Crippen LogP contribution < -0.4 is 0 Å². The molecular weight excluding hydrogens is 415 g/mol. The van der Waals surface area contributed by atoms with Crippen LogP contribution in [0.4, 0.5) is 13.2 Å². The Morgan fingerprint density at radius 2 is 1.71 bits per heavy atom. The van der Waals surface area contributed by atoms with Crippen molar-refractivity contribution in [1.29, 1.82) is 0 Å². The number of hydrogen-bond acceptors (Lipinski definition) is 5. The molecule has 0 aromatic carbocycles. The van der Waals surface area contributed by atoms with Gasteiger partial charge in [-0.1, -0.05) is 0 Å². The molecule has 3 heterocycles. The highest BCUT2D eigenvalue weighted by molar-refractivity contribution is 7.91. The van der Waals surface area contributed by atoms with Gasteiger partial charge in [-0.05, 0) is 45.0 Å². The van der Waals surface area contributed by atoms with Crippen molar-refractivity contribution in [2.24, 2.45) is 5.92 Å². The van der Waals surface area contributed by atoms with Crippen molar-refractivity contribution < 1.29 is 26.4 Å². The number of rotatable bonds is 4. The summed E-state index contributed by atoms with van der Waals surface area (Å²) < 4.78 is 64.5. The zero-order valence-corrected chi connectivity index (χ0v) is 17.2. The van der Waals surface area contributed by atoms with Gasteiger partial charge in [0.2, 0.25) is 5.91 Å². The van der Waals surface area contributed by atoms with Gasteiger partial charge in [0.15, 0.2) is 0 Å². The first-order chi connectivity index (χ1) is 13.1. The first-order valence-electron chi connectivity index (χ1n) is 9.21. The SMILES string of the molecule is Cc1ccc(S(=O)(=O)N2CCN(C(=O)C3CCN(CC(F)(F)F)CC3)CC2)s1. The van der Waals surface area contributed by atoms with E-state index in [1.165, 1.54) is 20.5 Å². The molecule has 0 atom stereocenters. The molecule has 2 saturated heterocycles. The van der Waals surface area contributed by atoms with Crippen LogP contribution in [0.3, 0.4) is 0 Å². The van der Waals surface area contributed by atoms with E-state index in [1.54, 1.807) is 17.0 Å². The fraction of sp³-hybridized carbons (Fsp3) is 0.706. The van der Waals surface area contributed by atoms with Crippen LogP contribution in [-0.4, -0.2) is 80.4 Å². The molecule has 158 valence electrons. The molecule has 2 fully saturated rings. The number of nitrogens with zero attached hydrogens (tertiary/aromatic N) is 3. The highest BCUT2D eigenvalue weighted by Crippen LogP contribution is 2.27. The zero-order chi connectivity index (χ0) is 20.5.